The van der Waals surface area contributed by atoms with E-state index in [1.165, 1.54) is 14.2 Å². The maximum Gasteiger partial charge on any atom is 0.261 e. The van der Waals surface area contributed by atoms with Crippen LogP contribution >= 0.6 is 0 Å². The summed E-state index contributed by atoms with van der Waals surface area (Å²) in [6.45, 7) is 13.2. The van der Waals surface area contributed by atoms with Gasteiger partial charge in [-0.05, 0) is 88.6 Å². The first-order valence-corrected chi connectivity index (χ1v) is 13.0. The van der Waals surface area contributed by atoms with Crippen LogP contribution in [0, 0.1) is 0 Å². The fourth-order valence-electron chi connectivity index (χ4n) is 5.08. The van der Waals surface area contributed by atoms with E-state index >= 15 is 0 Å². The third kappa shape index (κ3) is 4.97. The molecular formula is C31H38N2O4. The largest absolute Gasteiger partial charge is 0.492 e. The normalized spacial score (nSPS) is 15.3. The van der Waals surface area contributed by atoms with Crippen molar-refractivity contribution in [2.45, 2.75) is 46.5 Å². The number of nitrogen functional groups attached to an aromatic ring is 1. The molecule has 0 aromatic heterocycles. The average molecular weight is 503 g/mol. The second-order valence-electron chi connectivity index (χ2n) is 10.1. The third-order valence-corrected chi connectivity index (χ3v) is 7.12. The molecule has 6 nitrogen and oxygen atoms in total. The van der Waals surface area contributed by atoms with E-state index in [1.807, 2.05) is 0 Å². The molecule has 0 radical (unpaired) electrons. The van der Waals surface area contributed by atoms with E-state index in [0.29, 0.717) is 6.61 Å². The first-order valence-electron chi connectivity index (χ1n) is 13.0. The van der Waals surface area contributed by atoms with Gasteiger partial charge in [0.1, 0.15) is 12.4 Å². The van der Waals surface area contributed by atoms with Gasteiger partial charge in [0.2, 0.25) is 0 Å². The van der Waals surface area contributed by atoms with E-state index in [2.05, 4.69) is 69.9 Å². The van der Waals surface area contributed by atoms with Gasteiger partial charge in [0, 0.05) is 12.2 Å². The molecule has 1 aliphatic carbocycles. The summed E-state index contributed by atoms with van der Waals surface area (Å²) in [6, 6.07) is 10.7. The number of carbonyl (C=O) groups is 1. The highest BCUT2D eigenvalue weighted by Gasteiger charge is 2.26. The number of hydrogen-bond donors (Lipinski definition) is 1. The Morgan fingerprint density at radius 1 is 0.973 bits per heavy atom. The van der Waals surface area contributed by atoms with E-state index in [1.54, 1.807) is 12.2 Å². The van der Waals surface area contributed by atoms with Gasteiger partial charge in [-0.1, -0.05) is 33.8 Å². The van der Waals surface area contributed by atoms with Crippen LogP contribution in [0.1, 0.15) is 68.7 Å². The van der Waals surface area contributed by atoms with Crippen LogP contribution < -0.4 is 15.4 Å². The van der Waals surface area contributed by atoms with E-state index in [9.17, 15) is 4.79 Å². The Bertz CT molecular complexity index is 1250. The summed E-state index contributed by atoms with van der Waals surface area (Å²) in [5.41, 5.74) is 14.6. The number of fused-ring (bicyclic) bond motifs is 1. The Morgan fingerprint density at radius 2 is 1.57 bits per heavy atom. The molecule has 2 aromatic carbocycles. The molecule has 196 valence electrons. The van der Waals surface area contributed by atoms with Crippen LogP contribution in [0.15, 0.2) is 59.6 Å². The molecule has 0 atom stereocenters. The minimum absolute atomic E-state index is 0.238. The summed E-state index contributed by atoms with van der Waals surface area (Å²) in [5.74, 6) is 1.55. The molecule has 0 unspecified atom stereocenters. The molecule has 6 heteroatoms. The Balaban J connectivity index is 2.05. The fourth-order valence-corrected chi connectivity index (χ4v) is 5.08. The van der Waals surface area contributed by atoms with Gasteiger partial charge in [-0.2, -0.15) is 0 Å². The molecule has 1 heterocycles. The molecule has 0 saturated carbocycles. The van der Waals surface area contributed by atoms with Crippen molar-refractivity contribution in [3.8, 4) is 5.75 Å². The van der Waals surface area contributed by atoms with Crippen LogP contribution in [0.4, 0.5) is 11.4 Å². The molecule has 0 saturated heterocycles. The number of allylic oxidation sites excluding steroid dienone is 3. The Kier molecular flexibility index (Phi) is 7.67. The van der Waals surface area contributed by atoms with Gasteiger partial charge in [-0.15, -0.1) is 0 Å². The number of carbonyl (C=O) groups excluding carboxylic acids is 1. The predicted molar refractivity (Wildman–Crippen MR) is 150 cm³/mol. The minimum Gasteiger partial charge on any atom is -0.492 e. The summed E-state index contributed by atoms with van der Waals surface area (Å²) >= 11 is 0. The molecule has 2 aromatic rings. The summed E-state index contributed by atoms with van der Waals surface area (Å²) in [5, 5.41) is 0. The topological polar surface area (TPSA) is 74.0 Å². The number of nitrogens with two attached hydrogens (primary N) is 1. The molecule has 4 rings (SSSR count). The lowest BCUT2D eigenvalue weighted by atomic mass is 9.84. The maximum absolute atomic E-state index is 12.8. The number of Topliss-reactive ketones (excluding diaryl/α,β-unsaturated/α-hetero) is 1. The van der Waals surface area contributed by atoms with Crippen molar-refractivity contribution in [3.63, 3.8) is 0 Å². The Labute approximate surface area is 220 Å². The molecular weight excluding hydrogens is 464 g/mol. The minimum atomic E-state index is -0.275. The number of rotatable bonds is 7. The smallest absolute Gasteiger partial charge is 0.261 e. The van der Waals surface area contributed by atoms with Crippen molar-refractivity contribution in [1.82, 2.24) is 0 Å². The van der Waals surface area contributed by atoms with E-state index in [-0.39, 0.29) is 29.1 Å². The van der Waals surface area contributed by atoms with Crippen molar-refractivity contribution < 1.29 is 19.0 Å². The average Bonchev–Trinajstić information content (AvgIpc) is 2.89. The SMILES string of the molecule is CCN1CCOc2cc(C(=C3C=C(OC)C(=O)C(OC)=C3)c3cc(C(C)C)c(N)c(C(C)C)c3)ccc21. The van der Waals surface area contributed by atoms with E-state index < -0.39 is 0 Å². The second kappa shape index (κ2) is 10.8. The zero-order valence-electron chi connectivity index (χ0n) is 23.0. The van der Waals surface area contributed by atoms with Crippen molar-refractivity contribution >= 4 is 22.7 Å². The highest BCUT2D eigenvalue weighted by molar-refractivity contribution is 6.08. The lowest BCUT2D eigenvalue weighted by Gasteiger charge is -2.31. The van der Waals surface area contributed by atoms with Crippen LogP contribution in [0.25, 0.3) is 5.57 Å². The van der Waals surface area contributed by atoms with Gasteiger partial charge in [0.25, 0.3) is 5.78 Å². The van der Waals surface area contributed by atoms with Crippen molar-refractivity contribution in [3.05, 3.63) is 81.8 Å². The summed E-state index contributed by atoms with van der Waals surface area (Å²) in [6.07, 6.45) is 3.58. The summed E-state index contributed by atoms with van der Waals surface area (Å²) in [4.78, 5) is 15.1. The Hall–Kier alpha value is -3.67. The summed E-state index contributed by atoms with van der Waals surface area (Å²) in [7, 11) is 3.01. The Morgan fingerprint density at radius 3 is 2.08 bits per heavy atom. The number of methoxy groups -OCH3 is 2. The monoisotopic (exact) mass is 502 g/mol. The van der Waals surface area contributed by atoms with Crippen LogP contribution in [-0.4, -0.2) is 39.7 Å². The standard InChI is InChI=1S/C31H38N2O4/c1-8-33-11-12-37-26-15-20(9-10-25(26)33)29(22-16-27(35-6)31(34)28(17-22)36-7)21-13-23(18(2)3)30(32)24(14-21)19(4)5/h9-10,13-19H,8,11-12,32H2,1-7H3. The number of ketones is 1. The number of hydrogen-bond acceptors (Lipinski definition) is 6. The summed E-state index contributed by atoms with van der Waals surface area (Å²) < 4.78 is 17.0. The maximum atomic E-state index is 12.8. The first-order chi connectivity index (χ1) is 17.7. The molecule has 0 spiro atoms. The fraction of sp³-hybridized carbons (Fsp3) is 0.387. The van der Waals surface area contributed by atoms with Crippen LogP contribution in [-0.2, 0) is 14.3 Å². The zero-order valence-corrected chi connectivity index (χ0v) is 23.0. The number of nitrogens with zero attached hydrogens (tertiary/aromatic N) is 1. The molecule has 2 aliphatic rings. The van der Waals surface area contributed by atoms with Crippen molar-refractivity contribution in [1.29, 1.82) is 0 Å². The van der Waals surface area contributed by atoms with Crippen molar-refractivity contribution in [2.75, 3.05) is 44.5 Å². The lowest BCUT2D eigenvalue weighted by Crippen LogP contribution is -2.32. The van der Waals surface area contributed by atoms with E-state index in [0.717, 1.165) is 63.6 Å². The number of anilines is 2. The molecule has 37 heavy (non-hydrogen) atoms. The van der Waals surface area contributed by atoms with Gasteiger partial charge < -0.3 is 24.8 Å². The quantitative estimate of drug-likeness (QED) is 0.456. The van der Waals surface area contributed by atoms with Crippen LogP contribution in [0.3, 0.4) is 0 Å². The van der Waals surface area contributed by atoms with Gasteiger partial charge in [-0.3, -0.25) is 4.79 Å². The molecule has 1 aliphatic heterocycles. The number of ether oxygens (including phenoxy) is 3. The predicted octanol–water partition coefficient (Wildman–Crippen LogP) is 6.18. The second-order valence-corrected chi connectivity index (χ2v) is 10.1. The van der Waals surface area contributed by atoms with Gasteiger partial charge >= 0.3 is 0 Å². The van der Waals surface area contributed by atoms with Crippen LogP contribution in [0.2, 0.25) is 0 Å². The zero-order chi connectivity index (χ0) is 26.9. The highest BCUT2D eigenvalue weighted by atomic mass is 16.5. The van der Waals surface area contributed by atoms with Crippen LogP contribution in [0.5, 0.6) is 5.75 Å². The molecule has 0 amide bonds. The first kappa shape index (κ1) is 26.4. The molecule has 2 N–H and O–H groups in total. The van der Waals surface area contributed by atoms with Crippen molar-refractivity contribution in [2.24, 2.45) is 0 Å². The number of benzene rings is 2. The number of likely N-dealkylation sites (N-methyl/N-ethyl adjacent to an activating group) is 1. The molecule has 0 fully saturated rings. The van der Waals surface area contributed by atoms with Gasteiger partial charge in [0.15, 0.2) is 11.5 Å². The molecule has 0 bridgehead atoms. The third-order valence-electron chi connectivity index (χ3n) is 7.12. The lowest BCUT2D eigenvalue weighted by molar-refractivity contribution is -0.117. The van der Waals surface area contributed by atoms with Gasteiger partial charge in [0.05, 0.1) is 26.5 Å². The highest BCUT2D eigenvalue weighted by Crippen LogP contribution is 2.41. The van der Waals surface area contributed by atoms with E-state index in [4.69, 9.17) is 19.9 Å². The van der Waals surface area contributed by atoms with Gasteiger partial charge in [-0.25, -0.2) is 0 Å².